The highest BCUT2D eigenvalue weighted by molar-refractivity contribution is 6.00. The highest BCUT2D eigenvalue weighted by Gasteiger charge is 2.18. The summed E-state index contributed by atoms with van der Waals surface area (Å²) in [5, 5.41) is 13.2. The van der Waals surface area contributed by atoms with Crippen molar-refractivity contribution < 1.29 is 9.59 Å². The molecule has 5 heteroatoms. The Labute approximate surface area is 128 Å². The number of benzene rings is 2. The van der Waals surface area contributed by atoms with E-state index in [1.54, 1.807) is 12.1 Å². The fraction of sp³-hybridized carbons (Fsp3) is 0.235. The predicted octanol–water partition coefficient (Wildman–Crippen LogP) is 2.12. The average Bonchev–Trinajstić information content (AvgIpc) is 2.53. The van der Waals surface area contributed by atoms with Crippen LogP contribution >= 0.6 is 0 Å². The molecule has 0 aromatic heterocycles. The first kappa shape index (κ1) is 15.5. The Morgan fingerprint density at radius 1 is 1.18 bits per heavy atom. The van der Waals surface area contributed by atoms with E-state index in [4.69, 9.17) is 11.0 Å². The number of carbonyl (C=O) groups excluding carboxylic acids is 2. The minimum atomic E-state index is -0.757. The summed E-state index contributed by atoms with van der Waals surface area (Å²) in [6, 6.07) is 14.3. The SMILES string of the molecule is N#CCCC[C@@H](NC(=O)c1ccc2ccccc2c1)C(N)=O. The van der Waals surface area contributed by atoms with Crippen molar-refractivity contribution in [3.8, 4) is 6.07 Å². The summed E-state index contributed by atoms with van der Waals surface area (Å²) >= 11 is 0. The summed E-state index contributed by atoms with van der Waals surface area (Å²) in [6.45, 7) is 0. The number of fused-ring (bicyclic) bond motifs is 1. The lowest BCUT2D eigenvalue weighted by Crippen LogP contribution is -2.44. The van der Waals surface area contributed by atoms with Crippen LogP contribution in [0.4, 0.5) is 0 Å². The first-order valence-electron chi connectivity index (χ1n) is 7.08. The molecule has 0 spiro atoms. The fourth-order valence-electron chi connectivity index (χ4n) is 2.24. The van der Waals surface area contributed by atoms with Crippen LogP contribution in [0.5, 0.6) is 0 Å². The van der Waals surface area contributed by atoms with E-state index in [0.29, 0.717) is 24.8 Å². The van der Waals surface area contributed by atoms with Crippen molar-refractivity contribution in [1.82, 2.24) is 5.32 Å². The molecule has 22 heavy (non-hydrogen) atoms. The zero-order valence-electron chi connectivity index (χ0n) is 12.1. The molecule has 2 rings (SSSR count). The number of nitrogens with zero attached hydrogens (tertiary/aromatic N) is 1. The number of nitrogens with one attached hydrogen (secondary N) is 1. The van der Waals surface area contributed by atoms with Crippen LogP contribution in [0.25, 0.3) is 10.8 Å². The van der Waals surface area contributed by atoms with Crippen LogP contribution < -0.4 is 11.1 Å². The Hall–Kier alpha value is -2.87. The second kappa shape index (κ2) is 7.23. The normalized spacial score (nSPS) is 11.6. The minimum Gasteiger partial charge on any atom is -0.368 e. The number of unbranched alkanes of at least 4 members (excludes halogenated alkanes) is 1. The first-order valence-corrected chi connectivity index (χ1v) is 7.08. The highest BCUT2D eigenvalue weighted by Crippen LogP contribution is 2.15. The number of primary amides is 1. The molecule has 3 N–H and O–H groups in total. The van der Waals surface area contributed by atoms with E-state index in [1.165, 1.54) is 0 Å². The minimum absolute atomic E-state index is 0.329. The maximum Gasteiger partial charge on any atom is 0.251 e. The first-order chi connectivity index (χ1) is 10.6. The van der Waals surface area contributed by atoms with Gasteiger partial charge < -0.3 is 11.1 Å². The zero-order chi connectivity index (χ0) is 15.9. The van der Waals surface area contributed by atoms with E-state index in [9.17, 15) is 9.59 Å². The summed E-state index contributed by atoms with van der Waals surface area (Å²) in [6.07, 6.45) is 1.21. The van der Waals surface area contributed by atoms with Crippen LogP contribution in [0, 0.1) is 11.3 Å². The maximum absolute atomic E-state index is 12.3. The second-order valence-electron chi connectivity index (χ2n) is 5.04. The molecule has 0 aliphatic carbocycles. The van der Waals surface area contributed by atoms with Gasteiger partial charge in [0.25, 0.3) is 5.91 Å². The van der Waals surface area contributed by atoms with E-state index in [-0.39, 0.29) is 5.91 Å². The quantitative estimate of drug-likeness (QED) is 0.799. The average molecular weight is 295 g/mol. The van der Waals surface area contributed by atoms with Gasteiger partial charge in [0, 0.05) is 12.0 Å². The second-order valence-corrected chi connectivity index (χ2v) is 5.04. The van der Waals surface area contributed by atoms with E-state index in [0.717, 1.165) is 10.8 Å². The van der Waals surface area contributed by atoms with Crippen LogP contribution in [-0.2, 0) is 4.79 Å². The number of nitriles is 1. The van der Waals surface area contributed by atoms with Crippen molar-refractivity contribution in [2.75, 3.05) is 0 Å². The molecule has 0 saturated carbocycles. The van der Waals surface area contributed by atoms with E-state index in [1.807, 2.05) is 36.4 Å². The molecule has 112 valence electrons. The number of amides is 2. The van der Waals surface area contributed by atoms with Gasteiger partial charge in [-0.05, 0) is 35.7 Å². The Kier molecular flexibility index (Phi) is 5.10. The van der Waals surface area contributed by atoms with E-state index >= 15 is 0 Å². The van der Waals surface area contributed by atoms with Gasteiger partial charge >= 0.3 is 0 Å². The topological polar surface area (TPSA) is 96.0 Å². The highest BCUT2D eigenvalue weighted by atomic mass is 16.2. The molecule has 0 fully saturated rings. The monoisotopic (exact) mass is 295 g/mol. The number of carbonyl (C=O) groups is 2. The number of nitrogens with two attached hydrogens (primary N) is 1. The largest absolute Gasteiger partial charge is 0.368 e. The molecule has 2 aromatic carbocycles. The van der Waals surface area contributed by atoms with Gasteiger partial charge in [-0.2, -0.15) is 5.26 Å². The van der Waals surface area contributed by atoms with Crippen molar-refractivity contribution in [3.63, 3.8) is 0 Å². The Morgan fingerprint density at radius 2 is 1.91 bits per heavy atom. The van der Waals surface area contributed by atoms with Crippen LogP contribution in [0.15, 0.2) is 42.5 Å². The molecule has 0 aliphatic rings. The molecular formula is C17H17N3O2. The fourth-order valence-corrected chi connectivity index (χ4v) is 2.24. The summed E-state index contributed by atoms with van der Waals surface area (Å²) < 4.78 is 0. The van der Waals surface area contributed by atoms with Gasteiger partial charge in [-0.3, -0.25) is 9.59 Å². The van der Waals surface area contributed by atoms with E-state index in [2.05, 4.69) is 5.32 Å². The van der Waals surface area contributed by atoms with Crippen molar-refractivity contribution in [1.29, 1.82) is 5.26 Å². The van der Waals surface area contributed by atoms with Crippen LogP contribution in [0.3, 0.4) is 0 Å². The Bertz CT molecular complexity index is 734. The van der Waals surface area contributed by atoms with Gasteiger partial charge in [0.1, 0.15) is 6.04 Å². The van der Waals surface area contributed by atoms with Crippen molar-refractivity contribution in [2.24, 2.45) is 5.73 Å². The van der Waals surface area contributed by atoms with Crippen LogP contribution in [0.1, 0.15) is 29.6 Å². The number of rotatable bonds is 6. The smallest absolute Gasteiger partial charge is 0.251 e. The lowest BCUT2D eigenvalue weighted by molar-refractivity contribution is -0.120. The lowest BCUT2D eigenvalue weighted by atomic mass is 10.1. The molecule has 0 saturated heterocycles. The Balaban J connectivity index is 2.11. The molecular weight excluding hydrogens is 278 g/mol. The molecule has 2 aromatic rings. The van der Waals surface area contributed by atoms with Gasteiger partial charge in [0.2, 0.25) is 5.91 Å². The summed E-state index contributed by atoms with van der Waals surface area (Å²) in [5.74, 6) is -0.932. The molecule has 0 unspecified atom stereocenters. The Morgan fingerprint density at radius 3 is 2.59 bits per heavy atom. The molecule has 1 atom stereocenters. The molecule has 5 nitrogen and oxygen atoms in total. The third-order valence-corrected chi connectivity index (χ3v) is 3.44. The molecule has 0 aliphatic heterocycles. The molecule has 2 amide bonds. The zero-order valence-corrected chi connectivity index (χ0v) is 12.1. The summed E-state index contributed by atoms with van der Waals surface area (Å²) in [5.41, 5.74) is 5.78. The van der Waals surface area contributed by atoms with Crippen molar-refractivity contribution >= 4 is 22.6 Å². The van der Waals surface area contributed by atoms with Gasteiger partial charge in [-0.1, -0.05) is 30.3 Å². The number of hydrogen-bond donors (Lipinski definition) is 2. The molecule has 0 bridgehead atoms. The molecule has 0 radical (unpaired) electrons. The third-order valence-electron chi connectivity index (χ3n) is 3.44. The third kappa shape index (κ3) is 3.83. The van der Waals surface area contributed by atoms with Gasteiger partial charge in [0.05, 0.1) is 6.07 Å². The van der Waals surface area contributed by atoms with E-state index < -0.39 is 11.9 Å². The van der Waals surface area contributed by atoms with Crippen LogP contribution in [-0.4, -0.2) is 17.9 Å². The maximum atomic E-state index is 12.3. The van der Waals surface area contributed by atoms with Crippen molar-refractivity contribution in [2.45, 2.75) is 25.3 Å². The van der Waals surface area contributed by atoms with Crippen LogP contribution in [0.2, 0.25) is 0 Å². The number of hydrogen-bond acceptors (Lipinski definition) is 3. The molecule has 0 heterocycles. The summed E-state index contributed by atoms with van der Waals surface area (Å²) in [4.78, 5) is 23.6. The van der Waals surface area contributed by atoms with Gasteiger partial charge in [0.15, 0.2) is 0 Å². The summed E-state index contributed by atoms with van der Waals surface area (Å²) in [7, 11) is 0. The van der Waals surface area contributed by atoms with Gasteiger partial charge in [-0.15, -0.1) is 0 Å². The van der Waals surface area contributed by atoms with Gasteiger partial charge in [-0.25, -0.2) is 0 Å². The lowest BCUT2D eigenvalue weighted by Gasteiger charge is -2.15. The van der Waals surface area contributed by atoms with Crippen molar-refractivity contribution in [3.05, 3.63) is 48.0 Å². The standard InChI is InChI=1S/C17H17N3O2/c18-10-4-3-7-15(16(19)21)20-17(22)14-9-8-12-5-1-2-6-13(12)11-14/h1-2,5-6,8-9,11,15H,3-4,7H2,(H2,19,21)(H,20,22)/t15-/m1/s1. The predicted molar refractivity (Wildman–Crippen MR) is 83.9 cm³/mol.